The summed E-state index contributed by atoms with van der Waals surface area (Å²) >= 11 is 0. The number of anilines is 2. The lowest BCUT2D eigenvalue weighted by Gasteiger charge is -2.35. The van der Waals surface area contributed by atoms with Gasteiger partial charge < -0.3 is 14.2 Å². The molecule has 0 bridgehead atoms. The lowest BCUT2D eigenvalue weighted by molar-refractivity contribution is 0.423. The molecule has 0 amide bonds. The van der Waals surface area contributed by atoms with Gasteiger partial charge in [0.15, 0.2) is 0 Å². The van der Waals surface area contributed by atoms with Crippen LogP contribution in [0.25, 0.3) is 11.5 Å². The van der Waals surface area contributed by atoms with Crippen LogP contribution in [0, 0.1) is 11.3 Å². The fourth-order valence-corrected chi connectivity index (χ4v) is 6.25. The number of hydrogen-bond donors (Lipinski definition) is 0. The normalized spacial score (nSPS) is 17.7. The molecule has 0 radical (unpaired) electrons. The van der Waals surface area contributed by atoms with Crippen LogP contribution < -0.4 is 9.80 Å². The highest BCUT2D eigenvalue weighted by Crippen LogP contribution is 2.30. The van der Waals surface area contributed by atoms with E-state index in [-0.39, 0.29) is 10.6 Å². The Morgan fingerprint density at radius 3 is 2.06 bits per heavy atom. The van der Waals surface area contributed by atoms with Crippen molar-refractivity contribution in [3.05, 3.63) is 60.3 Å². The maximum Gasteiger partial charge on any atom is 0.243 e. The molecule has 35 heavy (non-hydrogen) atoms. The predicted octanol–water partition coefficient (Wildman–Crippen LogP) is 4.10. The summed E-state index contributed by atoms with van der Waals surface area (Å²) in [6.07, 6.45) is 3.93. The van der Waals surface area contributed by atoms with Crippen LogP contribution >= 0.6 is 0 Å². The molecule has 2 aromatic carbocycles. The summed E-state index contributed by atoms with van der Waals surface area (Å²) < 4.78 is 33.8. The van der Waals surface area contributed by atoms with E-state index in [9.17, 15) is 13.7 Å². The van der Waals surface area contributed by atoms with Gasteiger partial charge in [-0.15, -0.1) is 0 Å². The van der Waals surface area contributed by atoms with Crippen LogP contribution in [0.1, 0.15) is 31.4 Å². The first-order valence-electron chi connectivity index (χ1n) is 12.1. The first-order chi connectivity index (χ1) is 17.1. The molecular weight excluding hydrogens is 462 g/mol. The summed E-state index contributed by atoms with van der Waals surface area (Å²) in [6.45, 7) is 4.19. The quantitative estimate of drug-likeness (QED) is 0.530. The second kappa shape index (κ2) is 10.1. The van der Waals surface area contributed by atoms with Gasteiger partial charge in [-0.3, -0.25) is 0 Å². The number of nitrogens with zero attached hydrogens (tertiary/aromatic N) is 5. The zero-order chi connectivity index (χ0) is 24.3. The summed E-state index contributed by atoms with van der Waals surface area (Å²) in [5.41, 5.74) is 2.07. The van der Waals surface area contributed by atoms with E-state index < -0.39 is 10.0 Å². The Kier molecular flexibility index (Phi) is 6.75. The Morgan fingerprint density at radius 2 is 1.43 bits per heavy atom. The van der Waals surface area contributed by atoms with Crippen molar-refractivity contribution in [2.24, 2.45) is 0 Å². The summed E-state index contributed by atoms with van der Waals surface area (Å²) in [7, 11) is -3.52. The van der Waals surface area contributed by atoms with Crippen LogP contribution in [-0.4, -0.2) is 57.0 Å². The van der Waals surface area contributed by atoms with Crippen molar-refractivity contribution in [2.45, 2.75) is 30.6 Å². The number of piperazine rings is 1. The minimum absolute atomic E-state index is 0.245. The monoisotopic (exact) mass is 491 g/mol. The van der Waals surface area contributed by atoms with Gasteiger partial charge in [0.25, 0.3) is 0 Å². The molecule has 0 N–H and O–H groups in total. The SMILES string of the molecule is N#Cc1nc(-c2ccc(S(=O)(=O)N3CCCCCC3)cc2)oc1N1CCN(c2ccccc2)CC1. The lowest BCUT2D eigenvalue weighted by Crippen LogP contribution is -2.46. The minimum atomic E-state index is -3.52. The van der Waals surface area contributed by atoms with Crippen LogP contribution in [0.15, 0.2) is 63.9 Å². The molecule has 0 spiro atoms. The fourth-order valence-electron chi connectivity index (χ4n) is 4.73. The smallest absolute Gasteiger partial charge is 0.243 e. The highest BCUT2D eigenvalue weighted by Gasteiger charge is 2.27. The standard InChI is InChI=1S/C26H29N5O3S/c27-20-24-26(30-18-16-29(17-19-30)22-8-4-3-5-9-22)34-25(28-24)21-10-12-23(13-11-21)35(32,33)31-14-6-1-2-7-15-31/h3-5,8-13H,1-2,6-7,14-19H2. The number of para-hydroxylation sites is 1. The number of hydrogen-bond acceptors (Lipinski definition) is 7. The van der Waals surface area contributed by atoms with Crippen molar-refractivity contribution < 1.29 is 12.8 Å². The third-order valence-electron chi connectivity index (χ3n) is 6.71. The van der Waals surface area contributed by atoms with Gasteiger partial charge in [-0.1, -0.05) is 31.0 Å². The van der Waals surface area contributed by atoms with E-state index in [1.165, 1.54) is 5.69 Å². The van der Waals surface area contributed by atoms with Crippen molar-refractivity contribution >= 4 is 21.6 Å². The Bertz CT molecular complexity index is 1280. The molecule has 2 aliphatic heterocycles. The molecule has 0 aliphatic carbocycles. The molecular formula is C26H29N5O3S. The van der Waals surface area contributed by atoms with E-state index in [1.807, 2.05) is 23.1 Å². The van der Waals surface area contributed by atoms with Gasteiger partial charge in [0, 0.05) is 50.5 Å². The van der Waals surface area contributed by atoms with Crippen molar-refractivity contribution in [1.29, 1.82) is 5.26 Å². The summed E-state index contributed by atoms with van der Waals surface area (Å²) in [6, 6.07) is 19.0. The van der Waals surface area contributed by atoms with Gasteiger partial charge in [-0.25, -0.2) is 8.42 Å². The Labute approximate surface area is 206 Å². The first-order valence-corrected chi connectivity index (χ1v) is 13.6. The third kappa shape index (κ3) is 4.90. The number of benzene rings is 2. The zero-order valence-electron chi connectivity index (χ0n) is 19.6. The maximum absolute atomic E-state index is 13.1. The Morgan fingerprint density at radius 1 is 0.800 bits per heavy atom. The number of sulfonamides is 1. The molecule has 8 nitrogen and oxygen atoms in total. The average Bonchev–Trinajstić information content (AvgIpc) is 3.14. The summed E-state index contributed by atoms with van der Waals surface area (Å²) in [5, 5.41) is 9.66. The minimum Gasteiger partial charge on any atom is -0.419 e. The molecule has 9 heteroatoms. The molecule has 2 saturated heterocycles. The first kappa shape index (κ1) is 23.4. The van der Waals surface area contributed by atoms with Gasteiger partial charge >= 0.3 is 0 Å². The number of aromatic nitrogens is 1. The van der Waals surface area contributed by atoms with Crippen LogP contribution in [0.4, 0.5) is 11.6 Å². The largest absolute Gasteiger partial charge is 0.419 e. The average molecular weight is 492 g/mol. The molecule has 3 heterocycles. The summed E-state index contributed by atoms with van der Waals surface area (Å²) in [5.74, 6) is 0.789. The molecule has 0 saturated carbocycles. The number of oxazole rings is 1. The number of nitriles is 1. The van der Waals surface area contributed by atoms with E-state index in [0.717, 1.165) is 38.8 Å². The van der Waals surface area contributed by atoms with E-state index in [1.54, 1.807) is 28.6 Å². The Hall–Kier alpha value is -3.35. The highest BCUT2D eigenvalue weighted by molar-refractivity contribution is 7.89. The molecule has 2 fully saturated rings. The molecule has 5 rings (SSSR count). The molecule has 182 valence electrons. The number of rotatable bonds is 5. The topological polar surface area (TPSA) is 93.7 Å². The van der Waals surface area contributed by atoms with Gasteiger partial charge in [-0.05, 0) is 49.2 Å². The molecule has 1 aromatic heterocycles. The van der Waals surface area contributed by atoms with Crippen molar-refractivity contribution in [3.8, 4) is 17.5 Å². The van der Waals surface area contributed by atoms with E-state index in [2.05, 4.69) is 28.1 Å². The zero-order valence-corrected chi connectivity index (χ0v) is 20.5. The van der Waals surface area contributed by atoms with Crippen molar-refractivity contribution in [3.63, 3.8) is 0 Å². The van der Waals surface area contributed by atoms with Crippen molar-refractivity contribution in [2.75, 3.05) is 49.1 Å². The third-order valence-corrected chi connectivity index (χ3v) is 8.62. The second-order valence-electron chi connectivity index (χ2n) is 8.94. The van der Waals surface area contributed by atoms with E-state index >= 15 is 0 Å². The lowest BCUT2D eigenvalue weighted by atomic mass is 10.2. The van der Waals surface area contributed by atoms with Gasteiger partial charge in [0.2, 0.25) is 27.5 Å². The van der Waals surface area contributed by atoms with Crippen molar-refractivity contribution in [1.82, 2.24) is 9.29 Å². The highest BCUT2D eigenvalue weighted by atomic mass is 32.2. The van der Waals surface area contributed by atoms with E-state index in [4.69, 9.17) is 4.42 Å². The van der Waals surface area contributed by atoms with Gasteiger partial charge in [0.05, 0.1) is 4.90 Å². The van der Waals surface area contributed by atoms with Gasteiger partial charge in [0.1, 0.15) is 6.07 Å². The molecule has 2 aliphatic rings. The summed E-state index contributed by atoms with van der Waals surface area (Å²) in [4.78, 5) is 9.03. The van der Waals surface area contributed by atoms with Crippen LogP contribution in [0.2, 0.25) is 0 Å². The predicted molar refractivity (Wildman–Crippen MR) is 135 cm³/mol. The van der Waals surface area contributed by atoms with Crippen LogP contribution in [0.3, 0.4) is 0 Å². The van der Waals surface area contributed by atoms with Crippen LogP contribution in [-0.2, 0) is 10.0 Å². The fraction of sp³-hybridized carbons (Fsp3) is 0.385. The molecule has 0 atom stereocenters. The molecule has 3 aromatic rings. The Balaban J connectivity index is 1.32. The maximum atomic E-state index is 13.1. The van der Waals surface area contributed by atoms with Gasteiger partial charge in [-0.2, -0.15) is 14.6 Å². The molecule has 0 unspecified atom stereocenters. The van der Waals surface area contributed by atoms with E-state index in [0.29, 0.717) is 43.5 Å². The second-order valence-corrected chi connectivity index (χ2v) is 10.9. The van der Waals surface area contributed by atoms with Crippen LogP contribution in [0.5, 0.6) is 0 Å².